The molecule has 18 heavy (non-hydrogen) atoms. The summed E-state index contributed by atoms with van der Waals surface area (Å²) in [6, 6.07) is 3.14. The number of hydrogen-bond acceptors (Lipinski definition) is 3. The van der Waals surface area contributed by atoms with Crippen LogP contribution in [0, 0.1) is 0 Å². The van der Waals surface area contributed by atoms with E-state index < -0.39 is 25.1 Å². The van der Waals surface area contributed by atoms with E-state index in [1.807, 2.05) is 0 Å². The first-order valence-electron chi connectivity index (χ1n) is 4.64. The van der Waals surface area contributed by atoms with E-state index in [1.54, 1.807) is 12.1 Å². The molecule has 1 amide bonds. The first-order chi connectivity index (χ1) is 8.40. The molecule has 0 heterocycles. The lowest BCUT2D eigenvalue weighted by Crippen LogP contribution is -2.21. The largest absolute Gasteiger partial charge is 0.480 e. The molecule has 98 valence electrons. The van der Waals surface area contributed by atoms with Gasteiger partial charge in [0.05, 0.1) is 15.7 Å². The zero-order chi connectivity index (χ0) is 13.7. The molecule has 0 fully saturated rings. The number of aliphatic carboxylic acids is 1. The van der Waals surface area contributed by atoms with E-state index in [0.717, 1.165) is 0 Å². The van der Waals surface area contributed by atoms with Gasteiger partial charge < -0.3 is 15.2 Å². The van der Waals surface area contributed by atoms with Gasteiger partial charge in [-0.1, -0.05) is 39.1 Å². The van der Waals surface area contributed by atoms with Crippen molar-refractivity contribution >= 4 is 56.7 Å². The molecule has 0 spiro atoms. The van der Waals surface area contributed by atoms with Gasteiger partial charge >= 0.3 is 5.97 Å². The third kappa shape index (κ3) is 4.81. The highest BCUT2D eigenvalue weighted by Gasteiger charge is 2.11. The van der Waals surface area contributed by atoms with Gasteiger partial charge in [0.1, 0.15) is 13.2 Å². The first kappa shape index (κ1) is 15.2. The number of halogens is 3. The van der Waals surface area contributed by atoms with E-state index in [-0.39, 0.29) is 15.7 Å². The molecule has 0 aliphatic rings. The zero-order valence-corrected chi connectivity index (χ0v) is 12.0. The summed E-state index contributed by atoms with van der Waals surface area (Å²) in [5.41, 5.74) is 0.255. The van der Waals surface area contributed by atoms with Gasteiger partial charge in [0, 0.05) is 4.47 Å². The fourth-order valence-electron chi connectivity index (χ4n) is 1.07. The molecule has 0 atom stereocenters. The maximum Gasteiger partial charge on any atom is 0.329 e. The lowest BCUT2D eigenvalue weighted by Gasteiger charge is -2.09. The summed E-state index contributed by atoms with van der Waals surface area (Å²) < 4.78 is 5.30. The second kappa shape index (κ2) is 6.94. The Bertz CT molecular complexity index is 458. The van der Waals surface area contributed by atoms with Crippen LogP contribution in [0.2, 0.25) is 10.0 Å². The van der Waals surface area contributed by atoms with Crippen molar-refractivity contribution in [2.75, 3.05) is 18.5 Å². The van der Waals surface area contributed by atoms with Crippen molar-refractivity contribution in [3.63, 3.8) is 0 Å². The molecule has 1 rings (SSSR count). The molecule has 0 aromatic heterocycles. The first-order valence-corrected chi connectivity index (χ1v) is 6.19. The molecule has 5 nitrogen and oxygen atoms in total. The van der Waals surface area contributed by atoms with Crippen molar-refractivity contribution in [1.82, 2.24) is 0 Å². The van der Waals surface area contributed by atoms with Gasteiger partial charge in [0.2, 0.25) is 5.91 Å². The maximum atomic E-state index is 11.4. The third-order valence-electron chi connectivity index (χ3n) is 1.73. The molecule has 0 saturated carbocycles. The van der Waals surface area contributed by atoms with E-state index in [2.05, 4.69) is 26.0 Å². The van der Waals surface area contributed by atoms with E-state index in [0.29, 0.717) is 4.47 Å². The van der Waals surface area contributed by atoms with Crippen LogP contribution in [-0.4, -0.2) is 30.2 Å². The van der Waals surface area contributed by atoms with Crippen LogP contribution >= 0.6 is 39.1 Å². The number of benzene rings is 1. The van der Waals surface area contributed by atoms with Gasteiger partial charge in [-0.05, 0) is 12.1 Å². The zero-order valence-electron chi connectivity index (χ0n) is 8.87. The quantitative estimate of drug-likeness (QED) is 0.850. The van der Waals surface area contributed by atoms with E-state index in [1.165, 1.54) is 0 Å². The van der Waals surface area contributed by atoms with Gasteiger partial charge in [0.25, 0.3) is 0 Å². The number of anilines is 1. The summed E-state index contributed by atoms with van der Waals surface area (Å²) in [4.78, 5) is 21.6. The van der Waals surface area contributed by atoms with Crippen LogP contribution < -0.4 is 5.32 Å². The standard InChI is InChI=1S/C10H8BrCl2NO4/c11-5-1-6(12)10(7(13)2-5)14-8(15)3-18-4-9(16)17/h1-2H,3-4H2,(H,14,15)(H,16,17). The third-order valence-corrected chi connectivity index (χ3v) is 2.78. The van der Waals surface area contributed by atoms with Crippen molar-refractivity contribution < 1.29 is 19.4 Å². The Balaban J connectivity index is 2.62. The van der Waals surface area contributed by atoms with Crippen molar-refractivity contribution in [3.8, 4) is 0 Å². The highest BCUT2D eigenvalue weighted by atomic mass is 79.9. The fourth-order valence-corrected chi connectivity index (χ4v) is 2.37. The summed E-state index contributed by atoms with van der Waals surface area (Å²) >= 11 is 15.0. The Labute approximate surface area is 121 Å². The molecule has 2 N–H and O–H groups in total. The SMILES string of the molecule is O=C(O)COCC(=O)Nc1c(Cl)cc(Br)cc1Cl. The smallest absolute Gasteiger partial charge is 0.329 e. The number of nitrogens with one attached hydrogen (secondary N) is 1. The number of hydrogen-bond donors (Lipinski definition) is 2. The molecule has 0 saturated heterocycles. The van der Waals surface area contributed by atoms with Crippen LogP contribution in [0.1, 0.15) is 0 Å². The number of carboxylic acid groups (broad SMARTS) is 1. The van der Waals surface area contributed by atoms with Crippen molar-refractivity contribution in [3.05, 3.63) is 26.7 Å². The van der Waals surface area contributed by atoms with Crippen molar-refractivity contribution in [1.29, 1.82) is 0 Å². The number of rotatable bonds is 5. The molecule has 1 aromatic rings. The maximum absolute atomic E-state index is 11.4. The molecule has 0 bridgehead atoms. The minimum absolute atomic E-state index is 0.255. The minimum Gasteiger partial charge on any atom is -0.480 e. The number of carbonyl (C=O) groups excluding carboxylic acids is 1. The van der Waals surface area contributed by atoms with Gasteiger partial charge in [0.15, 0.2) is 0 Å². The Morgan fingerprint density at radius 1 is 1.28 bits per heavy atom. The molecule has 0 aliphatic carbocycles. The second-order valence-corrected chi connectivity index (χ2v) is 4.91. The molecular weight excluding hydrogens is 349 g/mol. The fraction of sp³-hybridized carbons (Fsp3) is 0.200. The van der Waals surface area contributed by atoms with Crippen LogP contribution in [0.4, 0.5) is 5.69 Å². The van der Waals surface area contributed by atoms with E-state index in [9.17, 15) is 9.59 Å². The Morgan fingerprint density at radius 2 is 1.83 bits per heavy atom. The predicted octanol–water partition coefficient (Wildman–Crippen LogP) is 2.80. The predicted molar refractivity (Wildman–Crippen MR) is 71.2 cm³/mol. The molecule has 0 radical (unpaired) electrons. The second-order valence-electron chi connectivity index (χ2n) is 3.18. The normalized spacial score (nSPS) is 10.2. The summed E-state index contributed by atoms with van der Waals surface area (Å²) in [6.07, 6.45) is 0. The average molecular weight is 357 g/mol. The van der Waals surface area contributed by atoms with Crippen molar-refractivity contribution in [2.45, 2.75) is 0 Å². The minimum atomic E-state index is -1.15. The highest BCUT2D eigenvalue weighted by molar-refractivity contribution is 9.10. The van der Waals surface area contributed by atoms with Crippen LogP contribution in [0.3, 0.4) is 0 Å². The Kier molecular flexibility index (Phi) is 5.87. The van der Waals surface area contributed by atoms with Gasteiger partial charge in [-0.3, -0.25) is 4.79 Å². The van der Waals surface area contributed by atoms with Gasteiger partial charge in [-0.25, -0.2) is 4.79 Å². The summed E-state index contributed by atoms with van der Waals surface area (Å²) in [5.74, 6) is -1.69. The summed E-state index contributed by atoms with van der Waals surface area (Å²) in [7, 11) is 0. The number of ether oxygens (including phenoxy) is 1. The Hall–Kier alpha value is -0.820. The molecule has 1 aromatic carbocycles. The number of carboxylic acids is 1. The number of amides is 1. The monoisotopic (exact) mass is 355 g/mol. The summed E-state index contributed by atoms with van der Waals surface area (Å²) in [5, 5.41) is 11.3. The van der Waals surface area contributed by atoms with Crippen LogP contribution in [0.15, 0.2) is 16.6 Å². The van der Waals surface area contributed by atoms with Gasteiger partial charge in [-0.2, -0.15) is 0 Å². The Morgan fingerprint density at radius 3 is 2.33 bits per heavy atom. The molecule has 0 unspecified atom stereocenters. The van der Waals surface area contributed by atoms with Gasteiger partial charge in [-0.15, -0.1) is 0 Å². The molecule has 0 aliphatic heterocycles. The van der Waals surface area contributed by atoms with E-state index >= 15 is 0 Å². The number of carbonyl (C=O) groups is 2. The highest BCUT2D eigenvalue weighted by Crippen LogP contribution is 2.33. The van der Waals surface area contributed by atoms with Crippen molar-refractivity contribution in [2.24, 2.45) is 0 Å². The summed E-state index contributed by atoms with van der Waals surface area (Å²) in [6.45, 7) is -0.940. The lowest BCUT2D eigenvalue weighted by atomic mass is 10.3. The average Bonchev–Trinajstić information content (AvgIpc) is 2.22. The topological polar surface area (TPSA) is 75.6 Å². The van der Waals surface area contributed by atoms with Crippen LogP contribution in [0.5, 0.6) is 0 Å². The van der Waals surface area contributed by atoms with Crippen LogP contribution in [0.25, 0.3) is 0 Å². The lowest BCUT2D eigenvalue weighted by molar-refractivity contribution is -0.143. The van der Waals surface area contributed by atoms with E-state index in [4.69, 9.17) is 28.3 Å². The molecular formula is C10H8BrCl2NO4. The van der Waals surface area contributed by atoms with Crippen LogP contribution in [-0.2, 0) is 14.3 Å². The molecule has 8 heteroatoms.